The molecule has 0 aliphatic carbocycles. The topological polar surface area (TPSA) is 91.3 Å². The van der Waals surface area contributed by atoms with Crippen molar-refractivity contribution < 1.29 is 14.7 Å². The maximum absolute atomic E-state index is 11.8. The van der Waals surface area contributed by atoms with Gasteiger partial charge in [0.1, 0.15) is 5.69 Å². The second kappa shape index (κ2) is 6.23. The van der Waals surface area contributed by atoms with Gasteiger partial charge in [-0.2, -0.15) is 0 Å². The van der Waals surface area contributed by atoms with E-state index in [0.29, 0.717) is 16.4 Å². The lowest BCUT2D eigenvalue weighted by Crippen LogP contribution is -2.19. The fourth-order valence-corrected chi connectivity index (χ4v) is 1.77. The standard InChI is InChI=1S/C14H12ClN3O3/c1-8-2-3-9(6-11(8)15)17-14(21)18-10-4-5-16-12(7-10)13(19)20/h2-7H,1H3,(H,19,20)(H2,16,17,18,21). The first-order valence-electron chi connectivity index (χ1n) is 5.99. The molecule has 6 nitrogen and oxygen atoms in total. The highest BCUT2D eigenvalue weighted by Crippen LogP contribution is 2.20. The molecule has 2 aromatic rings. The van der Waals surface area contributed by atoms with Crippen molar-refractivity contribution >= 4 is 35.0 Å². The lowest BCUT2D eigenvalue weighted by Gasteiger charge is -2.09. The van der Waals surface area contributed by atoms with E-state index in [-0.39, 0.29) is 5.69 Å². The molecule has 0 saturated carbocycles. The van der Waals surface area contributed by atoms with Crippen LogP contribution in [0.4, 0.5) is 16.2 Å². The summed E-state index contributed by atoms with van der Waals surface area (Å²) in [6.07, 6.45) is 1.31. The number of aryl methyl sites for hydroxylation is 1. The summed E-state index contributed by atoms with van der Waals surface area (Å²) in [6.45, 7) is 1.86. The molecule has 1 aromatic heterocycles. The molecule has 1 aromatic carbocycles. The molecule has 2 rings (SSSR count). The highest BCUT2D eigenvalue weighted by Gasteiger charge is 2.08. The van der Waals surface area contributed by atoms with E-state index in [1.165, 1.54) is 18.3 Å². The van der Waals surface area contributed by atoms with Crippen molar-refractivity contribution in [2.45, 2.75) is 6.92 Å². The Bertz CT molecular complexity index is 704. The lowest BCUT2D eigenvalue weighted by atomic mass is 10.2. The van der Waals surface area contributed by atoms with Crippen LogP contribution in [0.25, 0.3) is 0 Å². The maximum atomic E-state index is 11.8. The van der Waals surface area contributed by atoms with Crippen LogP contribution in [0, 0.1) is 6.92 Å². The summed E-state index contributed by atoms with van der Waals surface area (Å²) in [5.74, 6) is -1.16. The number of amides is 2. The fraction of sp³-hybridized carbons (Fsp3) is 0.0714. The van der Waals surface area contributed by atoms with Gasteiger partial charge in [0, 0.05) is 22.6 Å². The number of aromatic carboxylic acids is 1. The Morgan fingerprint density at radius 3 is 2.43 bits per heavy atom. The molecule has 3 N–H and O–H groups in total. The van der Waals surface area contributed by atoms with Crippen molar-refractivity contribution in [3.8, 4) is 0 Å². The molecule has 0 atom stereocenters. The number of anilines is 2. The van der Waals surface area contributed by atoms with Gasteiger partial charge in [0.25, 0.3) is 0 Å². The molecular formula is C14H12ClN3O3. The molecule has 0 saturated heterocycles. The Labute approximate surface area is 125 Å². The van der Waals surface area contributed by atoms with Crippen LogP contribution in [0.2, 0.25) is 5.02 Å². The largest absolute Gasteiger partial charge is 0.477 e. The molecule has 0 unspecified atom stereocenters. The summed E-state index contributed by atoms with van der Waals surface area (Å²) in [4.78, 5) is 26.3. The van der Waals surface area contributed by atoms with Crippen LogP contribution < -0.4 is 10.6 Å². The zero-order valence-corrected chi connectivity index (χ0v) is 11.8. The van der Waals surface area contributed by atoms with Gasteiger partial charge in [0.05, 0.1) is 0 Å². The quantitative estimate of drug-likeness (QED) is 0.810. The Kier molecular flexibility index (Phi) is 4.39. The second-order valence-corrected chi connectivity index (χ2v) is 4.69. The Morgan fingerprint density at radius 1 is 1.14 bits per heavy atom. The van der Waals surface area contributed by atoms with Crippen LogP contribution in [0.3, 0.4) is 0 Å². The van der Waals surface area contributed by atoms with E-state index >= 15 is 0 Å². The van der Waals surface area contributed by atoms with E-state index in [0.717, 1.165) is 5.56 Å². The SMILES string of the molecule is Cc1ccc(NC(=O)Nc2ccnc(C(=O)O)c2)cc1Cl. The van der Waals surface area contributed by atoms with Gasteiger partial charge < -0.3 is 15.7 Å². The van der Waals surface area contributed by atoms with Crippen molar-refractivity contribution in [3.05, 3.63) is 52.8 Å². The number of aromatic nitrogens is 1. The van der Waals surface area contributed by atoms with Crippen molar-refractivity contribution in [3.63, 3.8) is 0 Å². The van der Waals surface area contributed by atoms with Crippen molar-refractivity contribution in [1.82, 2.24) is 4.98 Å². The molecule has 0 fully saturated rings. The Morgan fingerprint density at radius 2 is 1.81 bits per heavy atom. The molecular weight excluding hydrogens is 294 g/mol. The third-order valence-corrected chi connectivity index (χ3v) is 3.07. The van der Waals surface area contributed by atoms with Gasteiger partial charge in [-0.1, -0.05) is 17.7 Å². The number of urea groups is 1. The summed E-state index contributed by atoms with van der Waals surface area (Å²) in [5, 5.41) is 14.5. The minimum atomic E-state index is -1.16. The van der Waals surface area contributed by atoms with Gasteiger partial charge in [-0.25, -0.2) is 14.6 Å². The molecule has 2 amide bonds. The van der Waals surface area contributed by atoms with Crippen molar-refractivity contribution in [1.29, 1.82) is 0 Å². The summed E-state index contributed by atoms with van der Waals surface area (Å²) in [7, 11) is 0. The number of hydrogen-bond donors (Lipinski definition) is 3. The minimum Gasteiger partial charge on any atom is -0.477 e. The number of carboxylic acid groups (broad SMARTS) is 1. The number of carbonyl (C=O) groups excluding carboxylic acids is 1. The fourth-order valence-electron chi connectivity index (χ4n) is 1.59. The number of hydrogen-bond acceptors (Lipinski definition) is 3. The van der Waals surface area contributed by atoms with E-state index in [9.17, 15) is 9.59 Å². The molecule has 21 heavy (non-hydrogen) atoms. The summed E-state index contributed by atoms with van der Waals surface area (Å²) in [6, 6.07) is 7.39. The third kappa shape index (κ3) is 3.93. The third-order valence-electron chi connectivity index (χ3n) is 2.67. The van der Waals surface area contributed by atoms with E-state index in [2.05, 4.69) is 15.6 Å². The number of halogens is 1. The first-order chi connectivity index (χ1) is 9.95. The van der Waals surface area contributed by atoms with Crippen LogP contribution >= 0.6 is 11.6 Å². The number of carbonyl (C=O) groups is 2. The highest BCUT2D eigenvalue weighted by atomic mass is 35.5. The molecule has 0 bridgehead atoms. The van der Waals surface area contributed by atoms with Crippen LogP contribution in [0.5, 0.6) is 0 Å². The van der Waals surface area contributed by atoms with Crippen molar-refractivity contribution in [2.75, 3.05) is 10.6 Å². The van der Waals surface area contributed by atoms with Gasteiger partial charge in [-0.05, 0) is 36.8 Å². The zero-order chi connectivity index (χ0) is 15.4. The number of rotatable bonds is 3. The predicted molar refractivity (Wildman–Crippen MR) is 80.0 cm³/mol. The number of benzene rings is 1. The van der Waals surface area contributed by atoms with Gasteiger partial charge >= 0.3 is 12.0 Å². The number of carboxylic acids is 1. The van der Waals surface area contributed by atoms with Gasteiger partial charge in [-0.15, -0.1) is 0 Å². The number of pyridine rings is 1. The average molecular weight is 306 g/mol. The summed E-state index contributed by atoms with van der Waals surface area (Å²) < 4.78 is 0. The van der Waals surface area contributed by atoms with Gasteiger partial charge in [-0.3, -0.25) is 0 Å². The summed E-state index contributed by atoms with van der Waals surface area (Å²) >= 11 is 5.97. The average Bonchev–Trinajstić information content (AvgIpc) is 2.43. The smallest absolute Gasteiger partial charge is 0.354 e. The molecule has 0 aliphatic rings. The molecule has 1 heterocycles. The van der Waals surface area contributed by atoms with E-state index in [4.69, 9.17) is 16.7 Å². The zero-order valence-electron chi connectivity index (χ0n) is 11.1. The Balaban J connectivity index is 2.06. The Hall–Kier alpha value is -2.60. The monoisotopic (exact) mass is 305 g/mol. The lowest BCUT2D eigenvalue weighted by molar-refractivity contribution is 0.0690. The highest BCUT2D eigenvalue weighted by molar-refractivity contribution is 6.31. The first kappa shape index (κ1) is 14.8. The molecule has 0 radical (unpaired) electrons. The maximum Gasteiger partial charge on any atom is 0.354 e. The van der Waals surface area contributed by atoms with E-state index in [1.54, 1.807) is 18.2 Å². The second-order valence-electron chi connectivity index (χ2n) is 4.28. The number of nitrogens with one attached hydrogen (secondary N) is 2. The normalized spacial score (nSPS) is 10.0. The molecule has 0 spiro atoms. The molecule has 7 heteroatoms. The predicted octanol–water partition coefficient (Wildman–Crippen LogP) is 3.39. The van der Waals surface area contributed by atoms with Crippen molar-refractivity contribution in [2.24, 2.45) is 0 Å². The minimum absolute atomic E-state index is 0.147. The first-order valence-corrected chi connectivity index (χ1v) is 6.37. The molecule has 108 valence electrons. The van der Waals surface area contributed by atoms with Crippen LogP contribution in [0.15, 0.2) is 36.5 Å². The van der Waals surface area contributed by atoms with E-state index in [1.807, 2.05) is 6.92 Å². The van der Waals surface area contributed by atoms with Crippen LogP contribution in [-0.4, -0.2) is 22.1 Å². The van der Waals surface area contributed by atoms with Gasteiger partial charge in [0.15, 0.2) is 0 Å². The number of nitrogens with zero attached hydrogens (tertiary/aromatic N) is 1. The molecule has 0 aliphatic heterocycles. The van der Waals surface area contributed by atoms with Crippen LogP contribution in [-0.2, 0) is 0 Å². The van der Waals surface area contributed by atoms with E-state index < -0.39 is 12.0 Å². The van der Waals surface area contributed by atoms with Crippen LogP contribution in [0.1, 0.15) is 16.1 Å². The van der Waals surface area contributed by atoms with Gasteiger partial charge in [0.2, 0.25) is 0 Å². The summed E-state index contributed by atoms with van der Waals surface area (Å²) in [5.41, 5.74) is 1.63.